The van der Waals surface area contributed by atoms with E-state index < -0.39 is 10.3 Å². The summed E-state index contributed by atoms with van der Waals surface area (Å²) >= 11 is 0. The van der Waals surface area contributed by atoms with E-state index in [0.29, 0.717) is 11.5 Å². The van der Waals surface area contributed by atoms with Crippen LogP contribution >= 0.6 is 0 Å². The Balaban J connectivity index is 3.21. The molecule has 0 atom stereocenters. The molecule has 4 heteroatoms. The molecule has 1 aliphatic rings. The van der Waals surface area contributed by atoms with Gasteiger partial charge in [0.2, 0.25) is 10.3 Å². The zero-order chi connectivity index (χ0) is 4.57. The summed E-state index contributed by atoms with van der Waals surface area (Å²) in [5.74, 6) is 0. The molecule has 34 valence electrons. The van der Waals surface area contributed by atoms with Crippen LogP contribution in [-0.4, -0.2) is 20.0 Å². The highest BCUT2D eigenvalue weighted by Gasteiger charge is 2.12. The van der Waals surface area contributed by atoms with Gasteiger partial charge in [0.15, 0.2) is 0 Å². The van der Waals surface area contributed by atoms with E-state index in [0.717, 1.165) is 0 Å². The molecule has 0 aromatic heterocycles. The molecule has 0 amide bonds. The van der Waals surface area contributed by atoms with Crippen molar-refractivity contribution in [2.45, 2.75) is 0 Å². The molecule has 0 unspecified atom stereocenters. The van der Waals surface area contributed by atoms with Gasteiger partial charge in [-0.1, -0.05) is 0 Å². The third-order valence-corrected chi connectivity index (χ3v) is 1.21. The maximum atomic E-state index is 9.66. The van der Waals surface area contributed by atoms with E-state index in [-0.39, 0.29) is 0 Å². The Morgan fingerprint density at radius 1 is 1.67 bits per heavy atom. The summed E-state index contributed by atoms with van der Waals surface area (Å²) in [4.78, 5) is 0.426. The van der Waals surface area contributed by atoms with Gasteiger partial charge in [0.1, 0.15) is 4.99 Å². The van der Waals surface area contributed by atoms with Crippen LogP contribution in [0.25, 0.3) is 0 Å². The molecule has 0 aliphatic carbocycles. The van der Waals surface area contributed by atoms with Crippen molar-refractivity contribution in [2.75, 3.05) is 6.54 Å². The van der Waals surface area contributed by atoms with E-state index in [1.54, 1.807) is 0 Å². The first-order valence-electron chi connectivity index (χ1n) is 1.49. The standard InChI is InChI=1S/C2H3NO2S/c4-6(5)2-1-3-2/h3H,1H2. The van der Waals surface area contributed by atoms with Crippen LogP contribution in [0, 0.1) is 0 Å². The fraction of sp³-hybridized carbons (Fsp3) is 0.500. The van der Waals surface area contributed by atoms with E-state index in [1.807, 2.05) is 0 Å². The number of hydrogen-bond donors (Lipinski definition) is 1. The molecule has 1 aliphatic heterocycles. The molecular formula is C2H3NO2S. The first-order chi connectivity index (χ1) is 2.80. The van der Waals surface area contributed by atoms with Crippen LogP contribution in [0.15, 0.2) is 0 Å². The quantitative estimate of drug-likeness (QED) is 0.304. The van der Waals surface area contributed by atoms with Crippen molar-refractivity contribution >= 4 is 15.3 Å². The predicted molar refractivity (Wildman–Crippen MR) is 21.9 cm³/mol. The van der Waals surface area contributed by atoms with Gasteiger partial charge < -0.3 is 0 Å². The van der Waals surface area contributed by atoms with Gasteiger partial charge in [-0.3, -0.25) is 5.32 Å². The second-order valence-corrected chi connectivity index (χ2v) is 1.97. The maximum Gasteiger partial charge on any atom is 0.229 e. The van der Waals surface area contributed by atoms with E-state index in [2.05, 4.69) is 5.32 Å². The van der Waals surface area contributed by atoms with Crippen molar-refractivity contribution in [1.82, 2.24) is 5.32 Å². The minimum atomic E-state index is -1.95. The van der Waals surface area contributed by atoms with E-state index in [4.69, 9.17) is 0 Å². The van der Waals surface area contributed by atoms with Gasteiger partial charge >= 0.3 is 0 Å². The molecule has 0 aromatic carbocycles. The molecule has 6 heavy (non-hydrogen) atoms. The van der Waals surface area contributed by atoms with Crippen LogP contribution in [0.1, 0.15) is 0 Å². The largest absolute Gasteiger partial charge is 0.272 e. The van der Waals surface area contributed by atoms with Gasteiger partial charge in [-0.25, -0.2) is 0 Å². The number of hydrogen-bond acceptors (Lipinski definition) is 2. The van der Waals surface area contributed by atoms with Crippen LogP contribution in [0.5, 0.6) is 0 Å². The highest BCUT2D eigenvalue weighted by atomic mass is 32.2. The number of nitrogens with one attached hydrogen (secondary N) is 1. The topological polar surface area (TPSA) is 56.1 Å². The third-order valence-electron chi connectivity index (χ3n) is 0.522. The summed E-state index contributed by atoms with van der Waals surface area (Å²) < 4.78 is 19.3. The zero-order valence-electron chi connectivity index (χ0n) is 2.93. The van der Waals surface area contributed by atoms with Gasteiger partial charge in [0.25, 0.3) is 0 Å². The van der Waals surface area contributed by atoms with Gasteiger partial charge in [-0.2, -0.15) is 8.42 Å². The van der Waals surface area contributed by atoms with Crippen molar-refractivity contribution in [2.24, 2.45) is 0 Å². The molecular weight excluding hydrogens is 102 g/mol. The smallest absolute Gasteiger partial charge is 0.229 e. The van der Waals surface area contributed by atoms with Crippen LogP contribution in [0.4, 0.5) is 0 Å². The Morgan fingerprint density at radius 2 is 2.17 bits per heavy atom. The molecule has 1 heterocycles. The Kier molecular flexibility index (Phi) is 0.675. The Bertz CT molecular complexity index is 164. The lowest BCUT2D eigenvalue weighted by Gasteiger charge is -1.40. The second-order valence-electron chi connectivity index (χ2n) is 1.01. The van der Waals surface area contributed by atoms with E-state index in [1.165, 1.54) is 0 Å². The van der Waals surface area contributed by atoms with Crippen molar-refractivity contribution in [3.05, 3.63) is 0 Å². The molecule has 1 N–H and O–H groups in total. The summed E-state index contributed by atoms with van der Waals surface area (Å²) in [7, 11) is -1.95. The van der Waals surface area contributed by atoms with Gasteiger partial charge in [0.05, 0.1) is 6.54 Å². The van der Waals surface area contributed by atoms with Crippen LogP contribution in [0.3, 0.4) is 0 Å². The highest BCUT2D eigenvalue weighted by molar-refractivity contribution is 7.73. The third kappa shape index (κ3) is 0.580. The summed E-state index contributed by atoms with van der Waals surface area (Å²) in [6, 6.07) is 0. The van der Waals surface area contributed by atoms with Crippen LogP contribution in [0.2, 0.25) is 0 Å². The van der Waals surface area contributed by atoms with Crippen molar-refractivity contribution in [3.63, 3.8) is 0 Å². The minimum absolute atomic E-state index is 0.426. The monoisotopic (exact) mass is 105 g/mol. The maximum absolute atomic E-state index is 9.66. The van der Waals surface area contributed by atoms with Crippen molar-refractivity contribution in [1.29, 1.82) is 0 Å². The van der Waals surface area contributed by atoms with Crippen LogP contribution in [-0.2, 0) is 10.3 Å². The molecule has 0 spiro atoms. The van der Waals surface area contributed by atoms with Crippen molar-refractivity contribution < 1.29 is 8.42 Å². The summed E-state index contributed by atoms with van der Waals surface area (Å²) in [6.45, 7) is 0.552. The zero-order valence-corrected chi connectivity index (χ0v) is 3.75. The molecule has 1 saturated heterocycles. The average molecular weight is 105 g/mol. The molecule has 1 rings (SSSR count). The summed E-state index contributed by atoms with van der Waals surface area (Å²) in [5.41, 5.74) is 0. The Hall–Kier alpha value is -0.350. The van der Waals surface area contributed by atoms with Gasteiger partial charge in [-0.05, 0) is 0 Å². The summed E-state index contributed by atoms with van der Waals surface area (Å²) in [5, 5.41) is 2.54. The highest BCUT2D eigenvalue weighted by Crippen LogP contribution is 1.77. The van der Waals surface area contributed by atoms with E-state index in [9.17, 15) is 8.42 Å². The van der Waals surface area contributed by atoms with E-state index >= 15 is 0 Å². The fourth-order valence-corrected chi connectivity index (χ4v) is 0.462. The lowest BCUT2D eigenvalue weighted by Crippen LogP contribution is -1.74. The Labute approximate surface area is 36.5 Å². The number of rotatable bonds is 0. The SMILES string of the molecule is O=S(=O)=C1CN1. The molecule has 1 fully saturated rings. The first-order valence-corrected chi connectivity index (χ1v) is 2.57. The molecule has 0 aromatic rings. The molecule has 3 nitrogen and oxygen atoms in total. The predicted octanol–water partition coefficient (Wildman–Crippen LogP) is -1.40. The normalized spacial score (nSPS) is 17.7. The van der Waals surface area contributed by atoms with Crippen molar-refractivity contribution in [3.8, 4) is 0 Å². The van der Waals surface area contributed by atoms with Gasteiger partial charge in [-0.15, -0.1) is 0 Å². The second kappa shape index (κ2) is 1.06. The minimum Gasteiger partial charge on any atom is -0.272 e. The molecule has 0 radical (unpaired) electrons. The lowest BCUT2D eigenvalue weighted by molar-refractivity contribution is 0.627. The molecule has 0 bridgehead atoms. The van der Waals surface area contributed by atoms with Crippen LogP contribution < -0.4 is 5.32 Å². The molecule has 0 saturated carbocycles. The first kappa shape index (κ1) is 3.83. The summed E-state index contributed by atoms with van der Waals surface area (Å²) in [6.07, 6.45) is 0. The fourth-order valence-electron chi connectivity index (χ4n) is 0.154. The lowest BCUT2D eigenvalue weighted by atomic mass is 11.0. The average Bonchev–Trinajstić information content (AvgIpc) is 2.06. The Morgan fingerprint density at radius 3 is 2.17 bits per heavy atom. The van der Waals surface area contributed by atoms with Gasteiger partial charge in [0, 0.05) is 0 Å².